The van der Waals surface area contributed by atoms with Gasteiger partial charge in [0.25, 0.3) is 10.0 Å². The monoisotopic (exact) mass is 326 g/mol. The van der Waals surface area contributed by atoms with Gasteiger partial charge in [-0.05, 0) is 30.7 Å². The lowest BCUT2D eigenvalue weighted by Crippen LogP contribution is -2.14. The SMILES string of the molecule is CCCNc1ccc(S(=O)(=O)Nc2ncccc2Cl)cn1. The Morgan fingerprint density at radius 3 is 2.67 bits per heavy atom. The highest BCUT2D eigenvalue weighted by molar-refractivity contribution is 7.92. The molecule has 0 amide bonds. The van der Waals surface area contributed by atoms with Crippen molar-refractivity contribution in [2.75, 3.05) is 16.6 Å². The molecule has 0 atom stereocenters. The Morgan fingerprint density at radius 2 is 2.05 bits per heavy atom. The van der Waals surface area contributed by atoms with Gasteiger partial charge in [0.2, 0.25) is 0 Å². The zero-order chi connectivity index (χ0) is 15.3. The third-order valence-electron chi connectivity index (χ3n) is 2.59. The summed E-state index contributed by atoms with van der Waals surface area (Å²) in [5.74, 6) is 0.721. The summed E-state index contributed by atoms with van der Waals surface area (Å²) in [6.07, 6.45) is 3.71. The molecule has 2 N–H and O–H groups in total. The molecule has 112 valence electrons. The number of hydrogen-bond donors (Lipinski definition) is 2. The second-order valence-electron chi connectivity index (χ2n) is 4.25. The fourth-order valence-electron chi connectivity index (χ4n) is 1.54. The molecule has 0 fully saturated rings. The number of sulfonamides is 1. The van der Waals surface area contributed by atoms with Crippen molar-refractivity contribution in [3.05, 3.63) is 41.7 Å². The van der Waals surface area contributed by atoms with E-state index in [1.807, 2.05) is 6.92 Å². The third-order valence-corrected chi connectivity index (χ3v) is 4.22. The van der Waals surface area contributed by atoms with Crippen molar-refractivity contribution in [3.63, 3.8) is 0 Å². The summed E-state index contributed by atoms with van der Waals surface area (Å²) in [5.41, 5.74) is 0. The molecular formula is C13H15ClN4O2S. The van der Waals surface area contributed by atoms with Gasteiger partial charge in [0.15, 0.2) is 5.82 Å². The molecule has 2 heterocycles. The van der Waals surface area contributed by atoms with Crippen molar-refractivity contribution in [3.8, 4) is 0 Å². The molecule has 2 rings (SSSR count). The van der Waals surface area contributed by atoms with Gasteiger partial charge in [-0.3, -0.25) is 4.72 Å². The third kappa shape index (κ3) is 4.05. The number of anilines is 2. The Hall–Kier alpha value is -1.86. The molecule has 6 nitrogen and oxygen atoms in total. The van der Waals surface area contributed by atoms with Crippen molar-refractivity contribution >= 4 is 33.3 Å². The molecule has 0 aliphatic heterocycles. The number of rotatable bonds is 6. The van der Waals surface area contributed by atoms with E-state index < -0.39 is 10.0 Å². The first-order chi connectivity index (χ1) is 10.0. The van der Waals surface area contributed by atoms with Gasteiger partial charge in [-0.25, -0.2) is 18.4 Å². The zero-order valence-electron chi connectivity index (χ0n) is 11.4. The predicted octanol–water partition coefficient (Wildman–Crippen LogP) is 2.75. The van der Waals surface area contributed by atoms with Crippen LogP contribution in [0.3, 0.4) is 0 Å². The molecule has 0 aliphatic rings. The standard InChI is InChI=1S/C13H15ClN4O2S/c1-2-7-15-12-6-5-10(9-17-12)21(19,20)18-13-11(14)4-3-8-16-13/h3-6,8-9H,2,7H2,1H3,(H,15,17)(H,16,18). The maximum atomic E-state index is 12.2. The van der Waals surface area contributed by atoms with E-state index in [1.54, 1.807) is 18.2 Å². The minimum Gasteiger partial charge on any atom is -0.370 e. The quantitative estimate of drug-likeness (QED) is 0.852. The Labute approximate surface area is 128 Å². The molecule has 0 aromatic carbocycles. The van der Waals surface area contributed by atoms with Gasteiger partial charge < -0.3 is 5.32 Å². The summed E-state index contributed by atoms with van der Waals surface area (Å²) in [5, 5.41) is 3.30. The number of aromatic nitrogens is 2. The zero-order valence-corrected chi connectivity index (χ0v) is 12.9. The van der Waals surface area contributed by atoms with Crippen LogP contribution >= 0.6 is 11.6 Å². The highest BCUT2D eigenvalue weighted by Crippen LogP contribution is 2.21. The molecule has 0 bridgehead atoms. The molecule has 0 unspecified atom stereocenters. The minimum absolute atomic E-state index is 0.0475. The van der Waals surface area contributed by atoms with Gasteiger partial charge in [0.05, 0.1) is 5.02 Å². The van der Waals surface area contributed by atoms with Crippen LogP contribution in [0.1, 0.15) is 13.3 Å². The number of pyridine rings is 2. The molecule has 0 aliphatic carbocycles. The average molecular weight is 327 g/mol. The Morgan fingerprint density at radius 1 is 1.24 bits per heavy atom. The molecule has 0 radical (unpaired) electrons. The Bertz CT molecular complexity index is 704. The first-order valence-electron chi connectivity index (χ1n) is 6.36. The number of nitrogens with zero attached hydrogens (tertiary/aromatic N) is 2. The summed E-state index contributed by atoms with van der Waals surface area (Å²) in [6, 6.07) is 6.27. The van der Waals surface area contributed by atoms with E-state index in [2.05, 4.69) is 20.0 Å². The predicted molar refractivity (Wildman–Crippen MR) is 83.1 cm³/mol. The molecule has 2 aromatic rings. The second kappa shape index (κ2) is 6.73. The smallest absolute Gasteiger partial charge is 0.264 e. The van der Waals surface area contributed by atoms with Crippen molar-refractivity contribution < 1.29 is 8.42 Å². The van der Waals surface area contributed by atoms with Crippen molar-refractivity contribution in [2.45, 2.75) is 18.2 Å². The summed E-state index contributed by atoms with van der Waals surface area (Å²) in [6.45, 7) is 2.81. The van der Waals surface area contributed by atoms with Crippen molar-refractivity contribution in [1.82, 2.24) is 9.97 Å². The number of hydrogen-bond acceptors (Lipinski definition) is 5. The second-order valence-corrected chi connectivity index (χ2v) is 6.33. The van der Waals surface area contributed by atoms with Crippen LogP contribution in [-0.2, 0) is 10.0 Å². The van der Waals surface area contributed by atoms with E-state index in [0.29, 0.717) is 5.82 Å². The topological polar surface area (TPSA) is 84.0 Å². The molecule has 0 saturated carbocycles. The highest BCUT2D eigenvalue weighted by Gasteiger charge is 2.16. The van der Waals surface area contributed by atoms with Gasteiger partial charge >= 0.3 is 0 Å². The van der Waals surface area contributed by atoms with E-state index in [-0.39, 0.29) is 15.7 Å². The molecule has 21 heavy (non-hydrogen) atoms. The van der Waals surface area contributed by atoms with Crippen LogP contribution in [0.2, 0.25) is 5.02 Å². The molecule has 8 heteroatoms. The van der Waals surface area contributed by atoms with Gasteiger partial charge in [-0.2, -0.15) is 0 Å². The molecule has 2 aromatic heterocycles. The molecular weight excluding hydrogens is 312 g/mol. The number of halogens is 1. The fourth-order valence-corrected chi connectivity index (χ4v) is 2.74. The largest absolute Gasteiger partial charge is 0.370 e. The Balaban J connectivity index is 2.18. The summed E-state index contributed by atoms with van der Waals surface area (Å²) < 4.78 is 26.8. The lowest BCUT2D eigenvalue weighted by Gasteiger charge is -2.09. The normalized spacial score (nSPS) is 11.1. The van der Waals surface area contributed by atoms with E-state index in [0.717, 1.165) is 13.0 Å². The molecule has 0 spiro atoms. The highest BCUT2D eigenvalue weighted by atomic mass is 35.5. The maximum Gasteiger partial charge on any atom is 0.264 e. The van der Waals surface area contributed by atoms with Gasteiger partial charge in [-0.1, -0.05) is 18.5 Å². The van der Waals surface area contributed by atoms with Crippen LogP contribution in [0.5, 0.6) is 0 Å². The van der Waals surface area contributed by atoms with E-state index in [9.17, 15) is 8.42 Å². The van der Waals surface area contributed by atoms with E-state index >= 15 is 0 Å². The van der Waals surface area contributed by atoms with Crippen LogP contribution in [-0.4, -0.2) is 24.9 Å². The minimum atomic E-state index is -3.76. The van der Waals surface area contributed by atoms with Gasteiger partial charge in [-0.15, -0.1) is 0 Å². The fraction of sp³-hybridized carbons (Fsp3) is 0.231. The van der Waals surface area contributed by atoms with Gasteiger partial charge in [0.1, 0.15) is 10.7 Å². The average Bonchev–Trinajstić information content (AvgIpc) is 2.48. The first kappa shape index (κ1) is 15.5. The van der Waals surface area contributed by atoms with E-state index in [4.69, 9.17) is 11.6 Å². The maximum absolute atomic E-state index is 12.2. The van der Waals surface area contributed by atoms with Crippen LogP contribution in [0.4, 0.5) is 11.6 Å². The van der Waals surface area contributed by atoms with E-state index in [1.165, 1.54) is 18.5 Å². The number of nitrogens with one attached hydrogen (secondary N) is 2. The summed E-state index contributed by atoms with van der Waals surface area (Å²) in [7, 11) is -3.76. The Kier molecular flexibility index (Phi) is 4.98. The first-order valence-corrected chi connectivity index (χ1v) is 8.22. The van der Waals surface area contributed by atoms with Crippen LogP contribution in [0.25, 0.3) is 0 Å². The summed E-state index contributed by atoms with van der Waals surface area (Å²) >= 11 is 5.89. The van der Waals surface area contributed by atoms with Crippen molar-refractivity contribution in [2.24, 2.45) is 0 Å². The van der Waals surface area contributed by atoms with Crippen LogP contribution < -0.4 is 10.0 Å². The lowest BCUT2D eigenvalue weighted by atomic mass is 10.4. The van der Waals surface area contributed by atoms with Crippen LogP contribution in [0.15, 0.2) is 41.6 Å². The molecule has 0 saturated heterocycles. The van der Waals surface area contributed by atoms with Crippen LogP contribution in [0, 0.1) is 0 Å². The van der Waals surface area contributed by atoms with Gasteiger partial charge in [0, 0.05) is 18.9 Å². The summed E-state index contributed by atoms with van der Waals surface area (Å²) in [4.78, 5) is 8.00. The lowest BCUT2D eigenvalue weighted by molar-refractivity contribution is 0.600. The van der Waals surface area contributed by atoms with Crippen molar-refractivity contribution in [1.29, 1.82) is 0 Å².